The number of hydrogen-bond donors (Lipinski definition) is 2. The molecule has 2 N–H and O–H groups in total. The molecule has 0 fully saturated rings. The molecule has 10 nitrogen and oxygen atoms in total. The smallest absolute Gasteiger partial charge is 0.343 e. The van der Waals surface area contributed by atoms with E-state index in [2.05, 4.69) is 41.2 Å². The molecule has 3 rings (SSSR count). The number of aromatic amines is 1. The van der Waals surface area contributed by atoms with Crippen LogP contribution in [0, 0.1) is 11.3 Å². The third-order valence-corrected chi connectivity index (χ3v) is 4.87. The third kappa shape index (κ3) is 5.75. The normalized spacial score (nSPS) is 10.5. The Bertz CT molecular complexity index is 1280. The average Bonchev–Trinajstić information content (AvgIpc) is 2.83. The molecule has 33 heavy (non-hydrogen) atoms. The van der Waals surface area contributed by atoms with Gasteiger partial charge in [0.25, 0.3) is 5.56 Å². The number of nitrogens with zero attached hydrogens (tertiary/aromatic N) is 3. The van der Waals surface area contributed by atoms with Gasteiger partial charge in [-0.3, -0.25) is 9.78 Å². The van der Waals surface area contributed by atoms with Gasteiger partial charge in [-0.05, 0) is 33.6 Å². The minimum Gasteiger partial charge on any atom is -0.493 e. The summed E-state index contributed by atoms with van der Waals surface area (Å²) in [6.45, 7) is -0.276. The van der Waals surface area contributed by atoms with E-state index in [1.54, 1.807) is 36.4 Å². The van der Waals surface area contributed by atoms with Crippen LogP contribution in [0.25, 0.3) is 11.3 Å². The van der Waals surface area contributed by atoms with Crippen molar-refractivity contribution in [3.63, 3.8) is 0 Å². The van der Waals surface area contributed by atoms with Crippen molar-refractivity contribution in [3.05, 3.63) is 68.4 Å². The lowest BCUT2D eigenvalue weighted by atomic mass is 10.1. The summed E-state index contributed by atoms with van der Waals surface area (Å²) in [7, 11) is 2.73. The van der Waals surface area contributed by atoms with Crippen molar-refractivity contribution < 1.29 is 19.0 Å². The summed E-state index contributed by atoms with van der Waals surface area (Å²) in [5.41, 5.74) is 3.48. The van der Waals surface area contributed by atoms with E-state index < -0.39 is 11.5 Å². The fourth-order valence-corrected chi connectivity index (χ4v) is 3.32. The zero-order valence-corrected chi connectivity index (χ0v) is 19.2. The largest absolute Gasteiger partial charge is 0.493 e. The molecule has 0 aliphatic heterocycles. The average molecular weight is 512 g/mol. The number of esters is 1. The number of ether oxygens (including phenoxy) is 3. The van der Waals surface area contributed by atoms with E-state index >= 15 is 0 Å². The van der Waals surface area contributed by atoms with Crippen LogP contribution < -0.4 is 20.5 Å². The van der Waals surface area contributed by atoms with Crippen LogP contribution in [-0.4, -0.2) is 43.0 Å². The van der Waals surface area contributed by atoms with Crippen molar-refractivity contribution in [2.75, 3.05) is 26.3 Å². The molecule has 1 heterocycles. The first-order valence-electron chi connectivity index (χ1n) is 9.43. The van der Waals surface area contributed by atoms with Crippen LogP contribution in [0.3, 0.4) is 0 Å². The van der Waals surface area contributed by atoms with E-state index in [0.717, 1.165) is 0 Å². The van der Waals surface area contributed by atoms with Crippen LogP contribution in [0.4, 0.5) is 5.95 Å². The van der Waals surface area contributed by atoms with E-state index in [1.807, 2.05) is 12.1 Å². The SMILES string of the molecule is COC(=O)COc1c(Br)cc(C=NNc2nc(-c3ccccc3)c(C#N)c(=O)[nH]2)cc1OC. The van der Waals surface area contributed by atoms with Gasteiger partial charge in [0.05, 0.1) is 30.6 Å². The van der Waals surface area contributed by atoms with Gasteiger partial charge in [0.15, 0.2) is 18.1 Å². The Kier molecular flexibility index (Phi) is 7.77. The molecular weight excluding hydrogens is 494 g/mol. The second-order valence-corrected chi connectivity index (χ2v) is 7.24. The maximum atomic E-state index is 12.3. The number of hydrogen-bond acceptors (Lipinski definition) is 9. The zero-order chi connectivity index (χ0) is 23.8. The van der Waals surface area contributed by atoms with Gasteiger partial charge in [0.1, 0.15) is 11.6 Å². The Morgan fingerprint density at radius 2 is 2.06 bits per heavy atom. The number of carbonyl (C=O) groups is 1. The van der Waals surface area contributed by atoms with Gasteiger partial charge in [0, 0.05) is 5.56 Å². The van der Waals surface area contributed by atoms with Crippen molar-refractivity contribution in [2.45, 2.75) is 0 Å². The van der Waals surface area contributed by atoms with Crippen LogP contribution in [0.1, 0.15) is 11.1 Å². The molecular formula is C22H18BrN5O5. The number of methoxy groups -OCH3 is 2. The highest BCUT2D eigenvalue weighted by Gasteiger charge is 2.14. The van der Waals surface area contributed by atoms with Crippen molar-refractivity contribution in [1.29, 1.82) is 5.26 Å². The lowest BCUT2D eigenvalue weighted by Crippen LogP contribution is -2.16. The zero-order valence-electron chi connectivity index (χ0n) is 17.6. The standard InChI is InChI=1S/C22H18BrN5O5/c1-31-17-9-13(8-16(23)20(17)33-12-18(29)32-2)11-25-28-22-26-19(14-6-4-3-5-7-14)15(10-24)21(30)27-22/h3-9,11H,12H2,1-2H3,(H2,26,27,28,30). The second kappa shape index (κ2) is 10.9. The maximum Gasteiger partial charge on any atom is 0.343 e. The van der Waals surface area contributed by atoms with Gasteiger partial charge in [-0.1, -0.05) is 30.3 Å². The number of rotatable bonds is 8. The van der Waals surface area contributed by atoms with E-state index in [9.17, 15) is 14.9 Å². The second-order valence-electron chi connectivity index (χ2n) is 6.38. The van der Waals surface area contributed by atoms with Crippen LogP contribution in [0.5, 0.6) is 11.5 Å². The first-order chi connectivity index (χ1) is 16.0. The predicted octanol–water partition coefficient (Wildman–Crippen LogP) is 3.08. The molecule has 0 spiro atoms. The Morgan fingerprint density at radius 1 is 1.30 bits per heavy atom. The molecule has 0 aliphatic carbocycles. The number of aromatic nitrogens is 2. The van der Waals surface area contributed by atoms with Crippen LogP contribution in [0.2, 0.25) is 0 Å². The molecule has 1 aromatic heterocycles. The number of nitrogens with one attached hydrogen (secondary N) is 2. The summed E-state index contributed by atoms with van der Waals surface area (Å²) in [6.07, 6.45) is 1.47. The highest BCUT2D eigenvalue weighted by molar-refractivity contribution is 9.10. The third-order valence-electron chi connectivity index (χ3n) is 4.28. The number of hydrazone groups is 1. The van der Waals surface area contributed by atoms with Gasteiger partial charge in [-0.25, -0.2) is 15.2 Å². The number of benzene rings is 2. The van der Waals surface area contributed by atoms with E-state index in [0.29, 0.717) is 27.1 Å². The van der Waals surface area contributed by atoms with Gasteiger partial charge >= 0.3 is 5.97 Å². The minimum atomic E-state index is -0.583. The molecule has 0 saturated heterocycles. The van der Waals surface area contributed by atoms with Crippen molar-refractivity contribution >= 4 is 34.1 Å². The molecule has 0 saturated carbocycles. The quantitative estimate of drug-likeness (QED) is 0.267. The maximum absolute atomic E-state index is 12.3. The molecule has 168 valence electrons. The molecule has 2 aromatic carbocycles. The molecule has 0 radical (unpaired) electrons. The molecule has 11 heteroatoms. The van der Waals surface area contributed by atoms with E-state index in [4.69, 9.17) is 9.47 Å². The summed E-state index contributed by atoms with van der Waals surface area (Å²) in [4.78, 5) is 30.5. The molecule has 0 atom stereocenters. The number of H-pyrrole nitrogens is 1. The summed E-state index contributed by atoms with van der Waals surface area (Å²) < 4.78 is 15.9. The van der Waals surface area contributed by atoms with E-state index in [-0.39, 0.29) is 23.8 Å². The fraction of sp³-hybridized carbons (Fsp3) is 0.136. The van der Waals surface area contributed by atoms with Gasteiger partial charge < -0.3 is 14.2 Å². The lowest BCUT2D eigenvalue weighted by molar-refractivity contribution is -0.142. The number of halogens is 1. The van der Waals surface area contributed by atoms with Crippen LogP contribution >= 0.6 is 15.9 Å². The van der Waals surface area contributed by atoms with Crippen LogP contribution in [-0.2, 0) is 9.53 Å². The van der Waals surface area contributed by atoms with Gasteiger partial charge in [-0.2, -0.15) is 10.4 Å². The Labute approximate surface area is 197 Å². The highest BCUT2D eigenvalue weighted by atomic mass is 79.9. The first-order valence-corrected chi connectivity index (χ1v) is 10.2. The highest BCUT2D eigenvalue weighted by Crippen LogP contribution is 2.36. The van der Waals surface area contributed by atoms with Crippen molar-refractivity contribution in [2.24, 2.45) is 5.10 Å². The summed E-state index contributed by atoms with van der Waals surface area (Å²) >= 11 is 3.38. The summed E-state index contributed by atoms with van der Waals surface area (Å²) in [5.74, 6) is 0.236. The fourth-order valence-electron chi connectivity index (χ4n) is 2.75. The topological polar surface area (TPSA) is 139 Å². The Hall–Kier alpha value is -4.17. The Morgan fingerprint density at radius 3 is 2.73 bits per heavy atom. The van der Waals surface area contributed by atoms with Gasteiger partial charge in [0.2, 0.25) is 5.95 Å². The summed E-state index contributed by atoms with van der Waals surface area (Å²) in [6, 6.07) is 14.1. The molecule has 3 aromatic rings. The minimum absolute atomic E-state index is 0.0677. The van der Waals surface area contributed by atoms with Gasteiger partial charge in [-0.15, -0.1) is 0 Å². The molecule has 0 amide bonds. The Balaban J connectivity index is 1.83. The van der Waals surface area contributed by atoms with E-state index in [1.165, 1.54) is 20.4 Å². The monoisotopic (exact) mass is 511 g/mol. The molecule has 0 bridgehead atoms. The molecule has 0 unspecified atom stereocenters. The predicted molar refractivity (Wildman–Crippen MR) is 124 cm³/mol. The lowest BCUT2D eigenvalue weighted by Gasteiger charge is -2.12. The first kappa shape index (κ1) is 23.5. The summed E-state index contributed by atoms with van der Waals surface area (Å²) in [5, 5.41) is 13.4. The number of nitriles is 1. The number of anilines is 1. The van der Waals surface area contributed by atoms with Crippen molar-refractivity contribution in [3.8, 4) is 28.8 Å². The molecule has 0 aliphatic rings. The number of carbonyl (C=O) groups excluding carboxylic acids is 1. The van der Waals surface area contributed by atoms with Crippen LogP contribution in [0.15, 0.2) is 56.8 Å². The van der Waals surface area contributed by atoms with Crippen molar-refractivity contribution in [1.82, 2.24) is 9.97 Å².